The van der Waals surface area contributed by atoms with Gasteiger partial charge in [0, 0.05) is 0 Å². The Morgan fingerprint density at radius 3 is 2.50 bits per heavy atom. The van der Waals surface area contributed by atoms with Gasteiger partial charge in [-0.15, -0.1) is 0 Å². The van der Waals surface area contributed by atoms with Crippen molar-refractivity contribution in [3.8, 4) is 0 Å². The molecule has 0 aliphatic rings. The molecule has 0 bridgehead atoms. The molecule has 2 N–H and O–H groups in total. The first-order valence-corrected chi connectivity index (χ1v) is 7.33. The van der Waals surface area contributed by atoms with Crippen LogP contribution in [0.15, 0.2) is 53.1 Å². The molecule has 0 saturated heterocycles. The molecule has 2 rings (SSSR count). The fourth-order valence-electron chi connectivity index (χ4n) is 2.09. The second kappa shape index (κ2) is 8.52. The molecule has 126 valence electrons. The summed E-state index contributed by atoms with van der Waals surface area (Å²) in [6, 6.07) is 11.6. The van der Waals surface area contributed by atoms with Gasteiger partial charge in [-0.05, 0) is 17.7 Å². The van der Waals surface area contributed by atoms with Crippen molar-refractivity contribution >= 4 is 17.8 Å². The highest BCUT2D eigenvalue weighted by Crippen LogP contribution is 2.16. The van der Waals surface area contributed by atoms with Crippen molar-refractivity contribution in [1.82, 2.24) is 10.6 Å². The third-order valence-electron chi connectivity index (χ3n) is 3.29. The molecule has 24 heavy (non-hydrogen) atoms. The maximum Gasteiger partial charge on any atom is 0.307 e. The van der Waals surface area contributed by atoms with Crippen LogP contribution in [-0.4, -0.2) is 31.4 Å². The second-order valence-corrected chi connectivity index (χ2v) is 4.97. The summed E-state index contributed by atoms with van der Waals surface area (Å²) in [6.45, 7) is -0.232. The van der Waals surface area contributed by atoms with E-state index in [-0.39, 0.29) is 18.7 Å². The zero-order chi connectivity index (χ0) is 17.4. The maximum absolute atomic E-state index is 12.1. The molecular weight excluding hydrogens is 312 g/mol. The molecule has 2 amide bonds. The van der Waals surface area contributed by atoms with E-state index in [9.17, 15) is 14.4 Å². The van der Waals surface area contributed by atoms with Gasteiger partial charge in [0.15, 0.2) is 5.76 Å². The lowest BCUT2D eigenvalue weighted by atomic mass is 10.0. The summed E-state index contributed by atoms with van der Waals surface area (Å²) >= 11 is 0. The average Bonchev–Trinajstić information content (AvgIpc) is 3.14. The summed E-state index contributed by atoms with van der Waals surface area (Å²) in [6.07, 6.45) is 1.37. The van der Waals surface area contributed by atoms with Crippen molar-refractivity contribution in [2.45, 2.75) is 12.5 Å². The number of carbonyl (C=O) groups is 3. The largest absolute Gasteiger partial charge is 0.469 e. The van der Waals surface area contributed by atoms with E-state index in [0.717, 1.165) is 5.56 Å². The molecule has 7 nitrogen and oxygen atoms in total. The third-order valence-corrected chi connectivity index (χ3v) is 3.29. The van der Waals surface area contributed by atoms with Gasteiger partial charge in [0.25, 0.3) is 5.91 Å². The van der Waals surface area contributed by atoms with E-state index in [0.29, 0.717) is 0 Å². The Morgan fingerprint density at radius 2 is 1.88 bits per heavy atom. The number of nitrogens with one attached hydrogen (secondary N) is 2. The molecule has 7 heteroatoms. The molecule has 0 unspecified atom stereocenters. The Bertz CT molecular complexity index is 682. The van der Waals surface area contributed by atoms with Crippen molar-refractivity contribution in [3.63, 3.8) is 0 Å². The van der Waals surface area contributed by atoms with Gasteiger partial charge in [0.2, 0.25) is 5.91 Å². The van der Waals surface area contributed by atoms with E-state index in [1.54, 1.807) is 18.2 Å². The van der Waals surface area contributed by atoms with Crippen LogP contribution in [0.1, 0.15) is 28.6 Å². The summed E-state index contributed by atoms with van der Waals surface area (Å²) < 4.78 is 9.60. The maximum atomic E-state index is 12.1. The normalized spacial score (nSPS) is 11.4. The number of esters is 1. The predicted octanol–water partition coefficient (Wildman–Crippen LogP) is 1.43. The number of rotatable bonds is 7. The van der Waals surface area contributed by atoms with Crippen LogP contribution in [0.3, 0.4) is 0 Å². The lowest BCUT2D eigenvalue weighted by Crippen LogP contribution is -2.39. The van der Waals surface area contributed by atoms with E-state index in [1.165, 1.54) is 19.4 Å². The molecule has 1 aromatic heterocycles. The molecule has 2 aromatic rings. The van der Waals surface area contributed by atoms with E-state index in [4.69, 9.17) is 4.42 Å². The standard InChI is InChI=1S/C17H18N2O5/c1-23-16(21)10-13(12-6-3-2-4-7-12)19-15(20)11-18-17(22)14-8-5-9-24-14/h2-9,13H,10-11H2,1H3,(H,18,22)(H,19,20)/t13-/m1/s1. The van der Waals surface area contributed by atoms with E-state index in [2.05, 4.69) is 15.4 Å². The van der Waals surface area contributed by atoms with Crippen molar-refractivity contribution in [2.24, 2.45) is 0 Å². The van der Waals surface area contributed by atoms with Crippen molar-refractivity contribution in [1.29, 1.82) is 0 Å². The van der Waals surface area contributed by atoms with Crippen molar-refractivity contribution in [2.75, 3.05) is 13.7 Å². The van der Waals surface area contributed by atoms with E-state index in [1.807, 2.05) is 18.2 Å². The van der Waals surface area contributed by atoms with Crippen LogP contribution in [0, 0.1) is 0 Å². The smallest absolute Gasteiger partial charge is 0.307 e. The Kier molecular flexibility index (Phi) is 6.13. The molecule has 0 spiro atoms. The minimum absolute atomic E-state index is 0.00160. The van der Waals surface area contributed by atoms with Gasteiger partial charge in [-0.2, -0.15) is 0 Å². The number of hydrogen-bond acceptors (Lipinski definition) is 5. The van der Waals surface area contributed by atoms with Crippen molar-refractivity contribution in [3.05, 3.63) is 60.1 Å². The third kappa shape index (κ3) is 4.98. The van der Waals surface area contributed by atoms with Gasteiger partial charge in [0.05, 0.1) is 32.4 Å². The first kappa shape index (κ1) is 17.3. The fourth-order valence-corrected chi connectivity index (χ4v) is 2.09. The van der Waals surface area contributed by atoms with Crippen LogP contribution in [0.25, 0.3) is 0 Å². The Labute approximate surface area is 139 Å². The zero-order valence-corrected chi connectivity index (χ0v) is 13.2. The number of carbonyl (C=O) groups excluding carboxylic acids is 3. The molecule has 0 fully saturated rings. The van der Waals surface area contributed by atoms with Gasteiger partial charge in [-0.1, -0.05) is 30.3 Å². The molecule has 0 aliphatic heterocycles. The summed E-state index contributed by atoms with van der Waals surface area (Å²) in [5.41, 5.74) is 0.772. The number of hydrogen-bond donors (Lipinski definition) is 2. The van der Waals surface area contributed by atoms with Crippen LogP contribution < -0.4 is 10.6 Å². The number of benzene rings is 1. The summed E-state index contributed by atoms with van der Waals surface area (Å²) in [7, 11) is 1.29. The van der Waals surface area contributed by atoms with Gasteiger partial charge in [0.1, 0.15) is 0 Å². The van der Waals surface area contributed by atoms with Crippen molar-refractivity contribution < 1.29 is 23.5 Å². The molecule has 1 atom stereocenters. The lowest BCUT2D eigenvalue weighted by Gasteiger charge is -2.18. The molecule has 1 heterocycles. The molecule has 1 aromatic carbocycles. The minimum atomic E-state index is -0.535. The van der Waals surface area contributed by atoms with Crippen LogP contribution in [0.4, 0.5) is 0 Å². The Balaban J connectivity index is 1.94. The second-order valence-electron chi connectivity index (χ2n) is 4.97. The number of ether oxygens (including phenoxy) is 1. The van der Waals surface area contributed by atoms with Gasteiger partial charge < -0.3 is 19.8 Å². The quantitative estimate of drug-likeness (QED) is 0.749. The van der Waals surface area contributed by atoms with Gasteiger partial charge in [-0.3, -0.25) is 14.4 Å². The monoisotopic (exact) mass is 330 g/mol. The van der Waals surface area contributed by atoms with Crippen LogP contribution in [0.2, 0.25) is 0 Å². The predicted molar refractivity (Wildman–Crippen MR) is 85.0 cm³/mol. The number of furan rings is 1. The fraction of sp³-hybridized carbons (Fsp3) is 0.235. The lowest BCUT2D eigenvalue weighted by molar-refractivity contribution is -0.141. The Hall–Kier alpha value is -3.09. The molecule has 0 radical (unpaired) electrons. The van der Waals surface area contributed by atoms with E-state index < -0.39 is 23.8 Å². The van der Waals surface area contributed by atoms with Gasteiger partial charge >= 0.3 is 5.97 Å². The summed E-state index contributed by atoms with van der Waals surface area (Å²) in [4.78, 5) is 35.3. The van der Waals surface area contributed by atoms with E-state index >= 15 is 0 Å². The highest BCUT2D eigenvalue weighted by atomic mass is 16.5. The SMILES string of the molecule is COC(=O)C[C@@H](NC(=O)CNC(=O)c1ccco1)c1ccccc1. The molecular formula is C17H18N2O5. The highest BCUT2D eigenvalue weighted by molar-refractivity contribution is 5.94. The topological polar surface area (TPSA) is 97.6 Å². The Morgan fingerprint density at radius 1 is 1.12 bits per heavy atom. The molecule has 0 aliphatic carbocycles. The summed E-state index contributed by atoms with van der Waals surface area (Å²) in [5, 5.41) is 5.16. The highest BCUT2D eigenvalue weighted by Gasteiger charge is 2.19. The zero-order valence-electron chi connectivity index (χ0n) is 13.2. The van der Waals surface area contributed by atoms with Crippen LogP contribution in [0.5, 0.6) is 0 Å². The summed E-state index contributed by atoms with van der Waals surface area (Å²) in [5.74, 6) is -1.23. The first-order valence-electron chi connectivity index (χ1n) is 7.33. The first-order chi connectivity index (χ1) is 11.6. The minimum Gasteiger partial charge on any atom is -0.469 e. The van der Waals surface area contributed by atoms with Crippen LogP contribution >= 0.6 is 0 Å². The number of methoxy groups -OCH3 is 1. The molecule has 0 saturated carbocycles. The average molecular weight is 330 g/mol. The van der Waals surface area contributed by atoms with Crippen LogP contribution in [-0.2, 0) is 14.3 Å². The van der Waals surface area contributed by atoms with Gasteiger partial charge in [-0.25, -0.2) is 0 Å². The number of amides is 2.